The zero-order chi connectivity index (χ0) is 11.1. The number of benzene rings is 1. The molecule has 15 heavy (non-hydrogen) atoms. The molecule has 0 saturated carbocycles. The van der Waals surface area contributed by atoms with Gasteiger partial charge in [0.15, 0.2) is 0 Å². The van der Waals surface area contributed by atoms with Crippen LogP contribution in [-0.2, 0) is 15.3 Å². The van der Waals surface area contributed by atoms with E-state index < -0.39 is 0 Å². The van der Waals surface area contributed by atoms with Crippen LogP contribution in [-0.4, -0.2) is 13.1 Å². The molecule has 0 aromatic heterocycles. The Bertz CT molecular complexity index is 358. The molecular weight excluding hydrogens is 208 g/mol. The summed E-state index contributed by atoms with van der Waals surface area (Å²) in [7, 11) is 1.37. The summed E-state index contributed by atoms with van der Waals surface area (Å²) in [5.74, 6) is 0.562. The summed E-state index contributed by atoms with van der Waals surface area (Å²) in [4.78, 5) is 10.8. The van der Waals surface area contributed by atoms with Gasteiger partial charge in [-0.2, -0.15) is 0 Å². The van der Waals surface area contributed by atoms with E-state index in [1.165, 1.54) is 24.3 Å². The number of esters is 1. The predicted molar refractivity (Wildman–Crippen MR) is 63.6 cm³/mol. The van der Waals surface area contributed by atoms with Gasteiger partial charge in [-0.3, -0.25) is 0 Å². The first kappa shape index (κ1) is 11.9. The van der Waals surface area contributed by atoms with Crippen LogP contribution >= 0.6 is 11.8 Å². The lowest BCUT2D eigenvalue weighted by Gasteiger charge is -2.01. The summed E-state index contributed by atoms with van der Waals surface area (Å²) in [6.07, 6.45) is 1.43. The monoisotopic (exact) mass is 222 g/mol. The SMILES string of the molecule is COC(=O)C=CSCc1ccccc1C. The maximum atomic E-state index is 10.8. The van der Waals surface area contributed by atoms with Crippen LogP contribution in [0.15, 0.2) is 35.7 Å². The number of hydrogen-bond acceptors (Lipinski definition) is 3. The minimum Gasteiger partial charge on any atom is -0.466 e. The smallest absolute Gasteiger partial charge is 0.330 e. The summed E-state index contributed by atoms with van der Waals surface area (Å²) in [5.41, 5.74) is 2.56. The van der Waals surface area contributed by atoms with Crippen molar-refractivity contribution in [2.75, 3.05) is 7.11 Å². The summed E-state index contributed by atoms with van der Waals surface area (Å²) >= 11 is 1.58. The van der Waals surface area contributed by atoms with Crippen molar-refractivity contribution < 1.29 is 9.53 Å². The lowest BCUT2D eigenvalue weighted by Crippen LogP contribution is -1.92. The number of rotatable bonds is 4. The normalized spacial score (nSPS) is 10.5. The molecule has 0 saturated heterocycles. The lowest BCUT2D eigenvalue weighted by molar-refractivity contribution is -0.134. The van der Waals surface area contributed by atoms with E-state index in [2.05, 4.69) is 23.8 Å². The number of hydrogen-bond donors (Lipinski definition) is 0. The molecule has 0 bridgehead atoms. The van der Waals surface area contributed by atoms with Gasteiger partial charge >= 0.3 is 5.97 Å². The van der Waals surface area contributed by atoms with Crippen molar-refractivity contribution in [2.45, 2.75) is 12.7 Å². The number of thioether (sulfide) groups is 1. The quantitative estimate of drug-likeness (QED) is 0.579. The number of methoxy groups -OCH3 is 1. The topological polar surface area (TPSA) is 26.3 Å². The van der Waals surface area contributed by atoms with Crippen molar-refractivity contribution in [3.63, 3.8) is 0 Å². The van der Waals surface area contributed by atoms with Gasteiger partial charge in [0.2, 0.25) is 0 Å². The van der Waals surface area contributed by atoms with Gasteiger partial charge in [-0.15, -0.1) is 11.8 Å². The third-order valence-electron chi connectivity index (χ3n) is 2.00. The van der Waals surface area contributed by atoms with Crippen LogP contribution in [0.2, 0.25) is 0 Å². The minimum absolute atomic E-state index is 0.313. The van der Waals surface area contributed by atoms with Gasteiger partial charge < -0.3 is 4.74 Å². The molecule has 3 heteroatoms. The molecule has 0 N–H and O–H groups in total. The Kier molecular flexibility index (Phi) is 4.98. The second-order valence-electron chi connectivity index (χ2n) is 3.06. The third-order valence-corrected chi connectivity index (χ3v) is 2.81. The summed E-state index contributed by atoms with van der Waals surface area (Å²) < 4.78 is 4.49. The first-order valence-corrected chi connectivity index (χ1v) is 5.69. The molecule has 1 rings (SSSR count). The zero-order valence-electron chi connectivity index (χ0n) is 8.90. The molecule has 0 aliphatic heterocycles. The highest BCUT2D eigenvalue weighted by Crippen LogP contribution is 2.16. The van der Waals surface area contributed by atoms with Crippen molar-refractivity contribution in [2.24, 2.45) is 0 Å². The van der Waals surface area contributed by atoms with Gasteiger partial charge in [-0.05, 0) is 23.5 Å². The van der Waals surface area contributed by atoms with E-state index in [4.69, 9.17) is 0 Å². The first-order valence-electron chi connectivity index (χ1n) is 4.64. The molecule has 0 amide bonds. The average molecular weight is 222 g/mol. The van der Waals surface area contributed by atoms with E-state index in [1.807, 2.05) is 12.1 Å². The van der Waals surface area contributed by atoms with E-state index in [-0.39, 0.29) is 5.97 Å². The second-order valence-corrected chi connectivity index (χ2v) is 3.96. The number of carbonyl (C=O) groups excluding carboxylic acids is 1. The van der Waals surface area contributed by atoms with Crippen LogP contribution in [0.4, 0.5) is 0 Å². The van der Waals surface area contributed by atoms with Gasteiger partial charge in [-0.25, -0.2) is 4.79 Å². The van der Waals surface area contributed by atoms with Crippen molar-refractivity contribution >= 4 is 17.7 Å². The fourth-order valence-corrected chi connectivity index (χ4v) is 1.89. The van der Waals surface area contributed by atoms with E-state index in [1.54, 1.807) is 17.2 Å². The molecule has 0 unspecified atom stereocenters. The van der Waals surface area contributed by atoms with E-state index in [0.717, 1.165) is 5.75 Å². The number of ether oxygens (including phenoxy) is 1. The van der Waals surface area contributed by atoms with Crippen LogP contribution in [0.25, 0.3) is 0 Å². The van der Waals surface area contributed by atoms with Crippen LogP contribution in [0.5, 0.6) is 0 Å². The number of carbonyl (C=O) groups is 1. The predicted octanol–water partition coefficient (Wildman–Crippen LogP) is 2.91. The van der Waals surface area contributed by atoms with Crippen molar-refractivity contribution in [3.05, 3.63) is 46.9 Å². The molecule has 0 fully saturated rings. The summed E-state index contributed by atoms with van der Waals surface area (Å²) in [6, 6.07) is 8.22. The van der Waals surface area contributed by atoms with Gasteiger partial charge in [0.05, 0.1) is 7.11 Å². The molecule has 1 aromatic carbocycles. The van der Waals surface area contributed by atoms with Crippen LogP contribution in [0.3, 0.4) is 0 Å². The summed E-state index contributed by atoms with van der Waals surface area (Å²) in [6.45, 7) is 2.08. The Balaban J connectivity index is 2.41. The average Bonchev–Trinajstić information content (AvgIpc) is 2.26. The Morgan fingerprint density at radius 2 is 2.20 bits per heavy atom. The molecule has 1 aromatic rings. The summed E-state index contributed by atoms with van der Waals surface area (Å²) in [5, 5.41) is 1.76. The molecule has 0 aliphatic carbocycles. The van der Waals surface area contributed by atoms with Gasteiger partial charge in [0.25, 0.3) is 0 Å². The van der Waals surface area contributed by atoms with Gasteiger partial charge in [0, 0.05) is 11.8 Å². The van der Waals surface area contributed by atoms with Gasteiger partial charge in [-0.1, -0.05) is 24.3 Å². The lowest BCUT2D eigenvalue weighted by atomic mass is 10.1. The Morgan fingerprint density at radius 1 is 1.47 bits per heavy atom. The molecule has 0 spiro atoms. The first-order chi connectivity index (χ1) is 7.24. The van der Waals surface area contributed by atoms with Crippen LogP contribution in [0.1, 0.15) is 11.1 Å². The van der Waals surface area contributed by atoms with Crippen LogP contribution in [0, 0.1) is 6.92 Å². The second kappa shape index (κ2) is 6.30. The van der Waals surface area contributed by atoms with E-state index in [0.29, 0.717) is 0 Å². The fraction of sp³-hybridized carbons (Fsp3) is 0.250. The Morgan fingerprint density at radius 3 is 2.87 bits per heavy atom. The molecule has 0 heterocycles. The zero-order valence-corrected chi connectivity index (χ0v) is 9.71. The molecule has 2 nitrogen and oxygen atoms in total. The fourth-order valence-electron chi connectivity index (χ4n) is 1.08. The molecule has 0 aliphatic rings. The highest BCUT2D eigenvalue weighted by Gasteiger charge is 1.95. The molecule has 0 radical (unpaired) electrons. The Labute approximate surface area is 94.3 Å². The van der Waals surface area contributed by atoms with Crippen molar-refractivity contribution in [1.29, 1.82) is 0 Å². The van der Waals surface area contributed by atoms with E-state index >= 15 is 0 Å². The Hall–Kier alpha value is -1.22. The maximum Gasteiger partial charge on any atom is 0.330 e. The molecule has 80 valence electrons. The number of aryl methyl sites for hydroxylation is 1. The minimum atomic E-state index is -0.313. The standard InChI is InChI=1S/C12H14O2S/c1-10-5-3-4-6-11(10)9-15-8-7-12(13)14-2/h3-8H,9H2,1-2H3. The van der Waals surface area contributed by atoms with E-state index in [9.17, 15) is 4.79 Å². The highest BCUT2D eigenvalue weighted by molar-refractivity contribution is 8.01. The third kappa shape index (κ3) is 4.21. The maximum absolute atomic E-state index is 10.8. The van der Waals surface area contributed by atoms with Crippen LogP contribution < -0.4 is 0 Å². The van der Waals surface area contributed by atoms with Crippen molar-refractivity contribution in [3.8, 4) is 0 Å². The molecule has 0 atom stereocenters. The molecular formula is C12H14O2S. The van der Waals surface area contributed by atoms with Gasteiger partial charge in [0.1, 0.15) is 0 Å². The highest BCUT2D eigenvalue weighted by atomic mass is 32.2. The van der Waals surface area contributed by atoms with Crippen molar-refractivity contribution in [1.82, 2.24) is 0 Å². The largest absolute Gasteiger partial charge is 0.466 e.